The fraction of sp³-hybridized carbons (Fsp3) is 0.357. The van der Waals surface area contributed by atoms with Crippen LogP contribution in [0.15, 0.2) is 29.3 Å². The lowest BCUT2D eigenvalue weighted by Gasteiger charge is -2.21. The molecule has 0 spiro atoms. The van der Waals surface area contributed by atoms with E-state index in [1.165, 1.54) is 11.8 Å². The molecule has 2 unspecified atom stereocenters. The van der Waals surface area contributed by atoms with Crippen molar-refractivity contribution in [2.24, 2.45) is 18.0 Å². The topological polar surface area (TPSA) is 83.3 Å². The van der Waals surface area contributed by atoms with Crippen LogP contribution in [-0.4, -0.2) is 33.3 Å². The zero-order chi connectivity index (χ0) is 15.1. The Morgan fingerprint density at radius 1 is 1.41 bits per heavy atom. The molecule has 2 aliphatic rings. The highest BCUT2D eigenvalue weighted by molar-refractivity contribution is 8.13. The number of aryl methyl sites for hydroxylation is 1. The number of amidine groups is 1. The number of nitrogens with zero attached hydrogens (tertiary/aromatic N) is 3. The average Bonchev–Trinajstić information content (AvgIpc) is 3.11. The second-order valence-electron chi connectivity index (χ2n) is 5.36. The van der Waals surface area contributed by atoms with Crippen molar-refractivity contribution in [2.75, 3.05) is 6.54 Å². The fourth-order valence-corrected chi connectivity index (χ4v) is 3.62. The van der Waals surface area contributed by atoms with E-state index in [2.05, 4.69) is 36.8 Å². The van der Waals surface area contributed by atoms with Gasteiger partial charge in [-0.25, -0.2) is 15.4 Å². The zero-order valence-corrected chi connectivity index (χ0v) is 12.9. The summed E-state index contributed by atoms with van der Waals surface area (Å²) >= 11 is 1.50. The van der Waals surface area contributed by atoms with Crippen LogP contribution in [0.25, 0.3) is 11.0 Å². The van der Waals surface area contributed by atoms with Crippen LogP contribution in [0.5, 0.6) is 0 Å². The number of benzene rings is 1. The Morgan fingerprint density at radius 2 is 2.27 bits per heavy atom. The molecule has 1 saturated heterocycles. The smallest absolute Gasteiger partial charge is 0.233 e. The summed E-state index contributed by atoms with van der Waals surface area (Å²) in [6, 6.07) is 8.04. The summed E-state index contributed by atoms with van der Waals surface area (Å²) < 4.78 is 2.08. The monoisotopic (exact) mass is 316 g/mol. The van der Waals surface area contributed by atoms with E-state index in [4.69, 9.17) is 0 Å². The van der Waals surface area contributed by atoms with Gasteiger partial charge in [0.1, 0.15) is 12.0 Å². The lowest BCUT2D eigenvalue weighted by Crippen LogP contribution is -2.46. The van der Waals surface area contributed by atoms with Crippen LogP contribution in [0.2, 0.25) is 0 Å². The fourth-order valence-electron chi connectivity index (χ4n) is 2.73. The van der Waals surface area contributed by atoms with Crippen LogP contribution < -0.4 is 16.2 Å². The van der Waals surface area contributed by atoms with E-state index < -0.39 is 0 Å². The van der Waals surface area contributed by atoms with E-state index >= 15 is 0 Å². The Morgan fingerprint density at radius 3 is 3.14 bits per heavy atom. The van der Waals surface area contributed by atoms with Crippen molar-refractivity contribution in [3.8, 4) is 0 Å². The Kier molecular flexibility index (Phi) is 3.36. The van der Waals surface area contributed by atoms with Crippen LogP contribution in [0.1, 0.15) is 5.82 Å². The number of rotatable bonds is 2. The van der Waals surface area contributed by atoms with Gasteiger partial charge in [0.2, 0.25) is 5.91 Å². The molecule has 1 amide bonds. The highest BCUT2D eigenvalue weighted by Gasteiger charge is 2.36. The molecule has 1 aromatic carbocycles. The van der Waals surface area contributed by atoms with Gasteiger partial charge in [0.15, 0.2) is 5.17 Å². The summed E-state index contributed by atoms with van der Waals surface area (Å²) in [6.45, 7) is 0.614. The molecule has 0 aliphatic carbocycles. The van der Waals surface area contributed by atoms with E-state index in [-0.39, 0.29) is 18.0 Å². The van der Waals surface area contributed by atoms with Gasteiger partial charge in [-0.1, -0.05) is 23.9 Å². The van der Waals surface area contributed by atoms with E-state index in [0.29, 0.717) is 17.5 Å². The number of fused-ring (bicyclic) bond motifs is 2. The first-order valence-electron chi connectivity index (χ1n) is 7.12. The SMILES string of the molecule is Cn1c(CSC2=NC3NNCC3C(=O)N2)nc2ccccc21. The third-order valence-corrected chi connectivity index (χ3v) is 4.88. The second-order valence-corrected chi connectivity index (χ2v) is 6.33. The Labute approximate surface area is 131 Å². The van der Waals surface area contributed by atoms with E-state index in [9.17, 15) is 4.79 Å². The zero-order valence-electron chi connectivity index (χ0n) is 12.0. The van der Waals surface area contributed by atoms with Crippen molar-refractivity contribution >= 4 is 33.9 Å². The first-order chi connectivity index (χ1) is 10.7. The van der Waals surface area contributed by atoms with Gasteiger partial charge in [-0.15, -0.1) is 0 Å². The van der Waals surface area contributed by atoms with Gasteiger partial charge in [-0.2, -0.15) is 0 Å². The third kappa shape index (κ3) is 2.29. The van der Waals surface area contributed by atoms with Gasteiger partial charge < -0.3 is 9.88 Å². The van der Waals surface area contributed by atoms with Crippen molar-refractivity contribution in [1.29, 1.82) is 0 Å². The van der Waals surface area contributed by atoms with Crippen molar-refractivity contribution in [3.63, 3.8) is 0 Å². The molecular weight excluding hydrogens is 300 g/mol. The van der Waals surface area contributed by atoms with Gasteiger partial charge in [-0.3, -0.25) is 10.2 Å². The number of imidazole rings is 1. The minimum absolute atomic E-state index is 0.0185. The lowest BCUT2D eigenvalue weighted by atomic mass is 10.1. The standard InChI is InChI=1S/C14H16N6OS/c1-20-10-5-3-2-4-9(10)16-11(20)7-22-14-17-12-8(6-15-19-12)13(21)18-14/h2-5,8,12,15,19H,6-7H2,1H3,(H,17,18,21). The number of amides is 1. The molecule has 3 N–H and O–H groups in total. The first-order valence-corrected chi connectivity index (χ1v) is 8.11. The number of carbonyl (C=O) groups excluding carboxylic acids is 1. The average molecular weight is 316 g/mol. The maximum absolute atomic E-state index is 12.0. The molecule has 7 nitrogen and oxygen atoms in total. The Bertz CT molecular complexity index is 770. The van der Waals surface area contributed by atoms with Gasteiger partial charge in [0, 0.05) is 13.6 Å². The van der Waals surface area contributed by atoms with Crippen molar-refractivity contribution in [3.05, 3.63) is 30.1 Å². The third-order valence-electron chi connectivity index (χ3n) is 3.99. The number of hydrazine groups is 1. The molecule has 8 heteroatoms. The minimum atomic E-state index is -0.170. The van der Waals surface area contributed by atoms with Crippen molar-refractivity contribution < 1.29 is 4.79 Å². The number of carbonyl (C=O) groups is 1. The molecule has 114 valence electrons. The molecule has 1 fully saturated rings. The first kappa shape index (κ1) is 13.7. The van der Waals surface area contributed by atoms with E-state index in [1.807, 2.05) is 25.2 Å². The number of thioether (sulfide) groups is 1. The van der Waals surface area contributed by atoms with Crippen LogP contribution in [0, 0.1) is 5.92 Å². The lowest BCUT2D eigenvalue weighted by molar-refractivity contribution is -0.123. The molecule has 2 aromatic rings. The highest BCUT2D eigenvalue weighted by atomic mass is 32.2. The molecule has 3 heterocycles. The summed E-state index contributed by atoms with van der Waals surface area (Å²) in [6.07, 6.45) is -0.170. The Hall–Kier alpha value is -1.90. The molecule has 22 heavy (non-hydrogen) atoms. The van der Waals surface area contributed by atoms with E-state index in [0.717, 1.165) is 16.9 Å². The number of aliphatic imine (C=N–C) groups is 1. The number of para-hydroxylation sites is 2. The molecule has 4 rings (SSSR count). The maximum atomic E-state index is 12.0. The summed E-state index contributed by atoms with van der Waals surface area (Å²) in [7, 11) is 2.00. The predicted molar refractivity (Wildman–Crippen MR) is 86.0 cm³/mol. The molecule has 0 bridgehead atoms. The molecule has 0 radical (unpaired) electrons. The molecule has 2 aliphatic heterocycles. The molecular formula is C14H16N6OS. The van der Waals surface area contributed by atoms with Crippen LogP contribution in [0.3, 0.4) is 0 Å². The summed E-state index contributed by atoms with van der Waals surface area (Å²) in [5, 5.41) is 3.52. The summed E-state index contributed by atoms with van der Waals surface area (Å²) in [5.74, 6) is 1.52. The minimum Gasteiger partial charge on any atom is -0.330 e. The molecule has 0 saturated carbocycles. The maximum Gasteiger partial charge on any atom is 0.233 e. The largest absolute Gasteiger partial charge is 0.330 e. The Balaban J connectivity index is 1.52. The van der Waals surface area contributed by atoms with Crippen LogP contribution in [0.4, 0.5) is 0 Å². The van der Waals surface area contributed by atoms with E-state index in [1.54, 1.807) is 0 Å². The number of hydrogen-bond acceptors (Lipinski definition) is 6. The number of aromatic nitrogens is 2. The summed E-state index contributed by atoms with van der Waals surface area (Å²) in [5.41, 5.74) is 8.08. The predicted octanol–water partition coefficient (Wildman–Crippen LogP) is 0.342. The van der Waals surface area contributed by atoms with Crippen molar-refractivity contribution in [2.45, 2.75) is 11.9 Å². The number of nitrogens with one attached hydrogen (secondary N) is 3. The quantitative estimate of drug-likeness (QED) is 0.744. The molecule has 1 aromatic heterocycles. The molecule has 2 atom stereocenters. The van der Waals surface area contributed by atoms with Gasteiger partial charge >= 0.3 is 0 Å². The summed E-state index contributed by atoms with van der Waals surface area (Å²) in [4.78, 5) is 21.2. The van der Waals surface area contributed by atoms with Gasteiger partial charge in [-0.05, 0) is 12.1 Å². The number of hydrogen-bond donors (Lipinski definition) is 3. The second kappa shape index (κ2) is 5.38. The van der Waals surface area contributed by atoms with Gasteiger partial charge in [0.25, 0.3) is 0 Å². The normalized spacial score (nSPS) is 24.2. The van der Waals surface area contributed by atoms with Crippen LogP contribution >= 0.6 is 11.8 Å². The van der Waals surface area contributed by atoms with Gasteiger partial charge in [0.05, 0.1) is 22.7 Å². The van der Waals surface area contributed by atoms with Crippen molar-refractivity contribution in [1.82, 2.24) is 25.7 Å². The highest BCUT2D eigenvalue weighted by Crippen LogP contribution is 2.22. The van der Waals surface area contributed by atoms with Crippen LogP contribution in [-0.2, 0) is 17.6 Å².